The molecule has 0 amide bonds. The lowest BCUT2D eigenvalue weighted by Gasteiger charge is -2.40. The lowest BCUT2D eigenvalue weighted by atomic mass is 10.0. The van der Waals surface area contributed by atoms with Crippen LogP contribution in [0.15, 0.2) is 0 Å². The van der Waals surface area contributed by atoms with Gasteiger partial charge in [-0.1, -0.05) is 6.42 Å². The Labute approximate surface area is 75.6 Å². The fraction of sp³-hybridized carbons (Fsp3) is 1.00. The first-order valence-electron chi connectivity index (χ1n) is 4.57. The van der Waals surface area contributed by atoms with Crippen LogP contribution in [0, 0.1) is 0 Å². The van der Waals surface area contributed by atoms with Crippen molar-refractivity contribution in [3.8, 4) is 0 Å². The minimum Gasteiger partial charge on any atom is -0.411 e. The van der Waals surface area contributed by atoms with Gasteiger partial charge in [0, 0.05) is 0 Å². The topological polar surface area (TPSA) is 61.3 Å². The summed E-state index contributed by atoms with van der Waals surface area (Å²) < 4.78 is 5.93. The Hall–Kier alpha value is 0.0969. The molecule has 1 unspecified atom stereocenters. The molecule has 3 nitrogen and oxygen atoms in total. The molecule has 1 atom stereocenters. The third kappa shape index (κ3) is 2.55. The van der Waals surface area contributed by atoms with Gasteiger partial charge in [0.2, 0.25) is 0 Å². The summed E-state index contributed by atoms with van der Waals surface area (Å²) in [4.78, 5) is 0. The Bertz CT molecular complexity index is 162. The van der Waals surface area contributed by atoms with E-state index in [0.29, 0.717) is 0 Å². The minimum absolute atomic E-state index is 0.0629. The summed E-state index contributed by atoms with van der Waals surface area (Å²) in [7, 11) is -1.42. The van der Waals surface area contributed by atoms with Gasteiger partial charge in [-0.15, -0.1) is 0 Å². The normalized spacial score (nSPS) is 30.2. The Balaban J connectivity index is 2.58. The van der Waals surface area contributed by atoms with Crippen molar-refractivity contribution in [2.75, 3.05) is 0 Å². The lowest BCUT2D eigenvalue weighted by Crippen LogP contribution is -2.61. The first-order chi connectivity index (χ1) is 5.31. The van der Waals surface area contributed by atoms with Gasteiger partial charge in [-0.05, 0) is 32.5 Å². The molecule has 72 valence electrons. The van der Waals surface area contributed by atoms with Gasteiger partial charge in [-0.25, -0.2) is 0 Å². The highest BCUT2D eigenvalue weighted by Crippen LogP contribution is 2.28. The van der Waals surface area contributed by atoms with Crippen LogP contribution in [-0.4, -0.2) is 20.1 Å². The van der Waals surface area contributed by atoms with E-state index in [4.69, 9.17) is 15.9 Å². The second-order valence-electron chi connectivity index (χ2n) is 4.62. The van der Waals surface area contributed by atoms with Gasteiger partial charge in [-0.3, -0.25) is 0 Å². The third-order valence-electron chi connectivity index (χ3n) is 2.40. The molecule has 0 spiro atoms. The molecule has 1 aliphatic heterocycles. The van der Waals surface area contributed by atoms with Crippen molar-refractivity contribution >= 4 is 8.32 Å². The predicted molar refractivity (Wildman–Crippen MR) is 53.2 cm³/mol. The highest BCUT2D eigenvalue weighted by molar-refractivity contribution is 6.71. The van der Waals surface area contributed by atoms with Crippen molar-refractivity contribution in [2.45, 2.75) is 50.7 Å². The molecule has 0 bridgehead atoms. The average Bonchev–Trinajstić information content (AvgIpc) is 1.83. The van der Waals surface area contributed by atoms with Crippen molar-refractivity contribution in [3.63, 3.8) is 0 Å². The molecule has 0 aromatic carbocycles. The van der Waals surface area contributed by atoms with Crippen molar-refractivity contribution in [1.82, 2.24) is 0 Å². The van der Waals surface area contributed by atoms with E-state index in [1.807, 2.05) is 6.92 Å². The molecule has 4 heteroatoms. The zero-order valence-electron chi connectivity index (χ0n) is 8.26. The highest BCUT2D eigenvalue weighted by Gasteiger charge is 2.37. The molecule has 1 aliphatic rings. The van der Waals surface area contributed by atoms with Gasteiger partial charge in [0.25, 0.3) is 0 Å². The smallest absolute Gasteiger partial charge is 0.187 e. The quantitative estimate of drug-likeness (QED) is 0.477. The second-order valence-corrected chi connectivity index (χ2v) is 8.88. The van der Waals surface area contributed by atoms with E-state index in [0.717, 1.165) is 6.42 Å². The van der Waals surface area contributed by atoms with Crippen LogP contribution in [0.25, 0.3) is 0 Å². The van der Waals surface area contributed by atoms with Crippen LogP contribution in [0.1, 0.15) is 19.8 Å². The molecule has 1 rings (SSSR count). The summed E-state index contributed by atoms with van der Waals surface area (Å²) >= 11 is 0. The first kappa shape index (κ1) is 10.2. The molecule has 0 radical (unpaired) electrons. The Kier molecular flexibility index (Phi) is 2.63. The minimum atomic E-state index is -1.42. The van der Waals surface area contributed by atoms with E-state index in [1.54, 1.807) is 0 Å². The summed E-state index contributed by atoms with van der Waals surface area (Å²) in [6.45, 7) is 6.29. The lowest BCUT2D eigenvalue weighted by molar-refractivity contribution is 0.0893. The van der Waals surface area contributed by atoms with E-state index in [2.05, 4.69) is 13.1 Å². The maximum absolute atomic E-state index is 5.93. The third-order valence-corrected chi connectivity index (χ3v) is 4.88. The molecule has 12 heavy (non-hydrogen) atoms. The molecule has 1 heterocycles. The van der Waals surface area contributed by atoms with Crippen molar-refractivity contribution < 1.29 is 4.43 Å². The molecular formula is C8H20N2OSi. The summed E-state index contributed by atoms with van der Waals surface area (Å²) in [5.74, 6) is 0. The molecular weight excluding hydrogens is 168 g/mol. The second kappa shape index (κ2) is 3.10. The van der Waals surface area contributed by atoms with Crippen LogP contribution in [0.4, 0.5) is 0 Å². The van der Waals surface area contributed by atoms with E-state index >= 15 is 0 Å². The molecule has 4 N–H and O–H groups in total. The predicted octanol–water partition coefficient (Wildman–Crippen LogP) is 1.00. The first-order valence-corrected chi connectivity index (χ1v) is 7.68. The zero-order valence-corrected chi connectivity index (χ0v) is 9.26. The fourth-order valence-corrected chi connectivity index (χ4v) is 3.97. The number of rotatable bonds is 1. The fourth-order valence-electron chi connectivity index (χ4n) is 1.65. The van der Waals surface area contributed by atoms with Crippen LogP contribution in [0.3, 0.4) is 0 Å². The maximum Gasteiger partial charge on any atom is 0.187 e. The molecule has 0 aromatic heterocycles. The van der Waals surface area contributed by atoms with Gasteiger partial charge in [-0.2, -0.15) is 0 Å². The number of hydrogen-bond acceptors (Lipinski definition) is 3. The van der Waals surface area contributed by atoms with E-state index in [9.17, 15) is 0 Å². The molecule has 0 aromatic rings. The van der Waals surface area contributed by atoms with Crippen LogP contribution >= 0.6 is 0 Å². The van der Waals surface area contributed by atoms with Crippen molar-refractivity contribution in [1.29, 1.82) is 0 Å². The molecule has 1 saturated heterocycles. The largest absolute Gasteiger partial charge is 0.411 e. The summed E-state index contributed by atoms with van der Waals surface area (Å²) in [6, 6.07) is 1.24. The number of hydrogen-bond donors (Lipinski definition) is 2. The standard InChI is InChI=1S/C8H20N2OSi/c1-8(9,10)7-5-4-6-12(2,3)11-7/h7H,4-6,9-10H2,1-3H3. The van der Waals surface area contributed by atoms with Gasteiger partial charge in [0.15, 0.2) is 8.32 Å². The monoisotopic (exact) mass is 188 g/mol. The van der Waals surface area contributed by atoms with Crippen molar-refractivity contribution in [3.05, 3.63) is 0 Å². The van der Waals surface area contributed by atoms with Gasteiger partial charge in [0.1, 0.15) is 0 Å². The van der Waals surface area contributed by atoms with E-state index in [1.165, 1.54) is 12.5 Å². The van der Waals surface area contributed by atoms with Crippen molar-refractivity contribution in [2.24, 2.45) is 11.5 Å². The summed E-state index contributed by atoms with van der Waals surface area (Å²) in [6.07, 6.45) is 2.29. The van der Waals surface area contributed by atoms with Crippen LogP contribution in [0.2, 0.25) is 19.1 Å². The highest BCUT2D eigenvalue weighted by atomic mass is 28.4. The summed E-state index contributed by atoms with van der Waals surface area (Å²) in [5, 5.41) is 0. The Morgan fingerprint density at radius 3 is 2.33 bits per heavy atom. The van der Waals surface area contributed by atoms with Crippen LogP contribution in [0.5, 0.6) is 0 Å². The molecule has 1 fully saturated rings. The Morgan fingerprint density at radius 2 is 2.00 bits per heavy atom. The van der Waals surface area contributed by atoms with E-state index in [-0.39, 0.29) is 6.10 Å². The Morgan fingerprint density at radius 1 is 1.42 bits per heavy atom. The van der Waals surface area contributed by atoms with Gasteiger partial charge in [0.05, 0.1) is 11.8 Å². The zero-order chi connectivity index (χ0) is 9.41. The average molecular weight is 188 g/mol. The SMILES string of the molecule is CC(N)(N)C1CCC[Si](C)(C)O1. The van der Waals surface area contributed by atoms with Gasteiger partial charge < -0.3 is 15.9 Å². The van der Waals surface area contributed by atoms with Gasteiger partial charge >= 0.3 is 0 Å². The van der Waals surface area contributed by atoms with Crippen LogP contribution < -0.4 is 11.5 Å². The summed E-state index contributed by atoms with van der Waals surface area (Å²) in [5.41, 5.74) is 11.0. The molecule has 0 aliphatic carbocycles. The molecule has 0 saturated carbocycles. The van der Waals surface area contributed by atoms with E-state index < -0.39 is 14.0 Å². The maximum atomic E-state index is 5.93. The van der Waals surface area contributed by atoms with Crippen LogP contribution in [-0.2, 0) is 4.43 Å². The number of nitrogens with two attached hydrogens (primary N) is 2.